The summed E-state index contributed by atoms with van der Waals surface area (Å²) in [5.74, 6) is -1.56. The summed E-state index contributed by atoms with van der Waals surface area (Å²) < 4.78 is 82.1. The quantitative estimate of drug-likeness (QED) is 0.724. The predicted molar refractivity (Wildman–Crippen MR) is 69.6 cm³/mol. The Hall–Kier alpha value is -2.17. The molecule has 0 saturated heterocycles. The molecular formula is C13H15F6N2O3+. The van der Waals surface area contributed by atoms with E-state index in [-0.39, 0.29) is 17.9 Å². The third-order valence-corrected chi connectivity index (χ3v) is 2.45. The Morgan fingerprint density at radius 1 is 1.04 bits per heavy atom. The van der Waals surface area contributed by atoms with Crippen LogP contribution in [0.15, 0.2) is 18.2 Å². The lowest BCUT2D eigenvalue weighted by Gasteiger charge is -2.15. The van der Waals surface area contributed by atoms with Crippen molar-refractivity contribution in [3.8, 4) is 11.5 Å². The number of nitrogens with one attached hydrogen (secondary N) is 1. The number of carbonyl (C=O) groups excluding carboxylic acids is 1. The molecular weight excluding hydrogens is 346 g/mol. The minimum atomic E-state index is -4.63. The van der Waals surface area contributed by atoms with Gasteiger partial charge in [0, 0.05) is 0 Å². The van der Waals surface area contributed by atoms with Gasteiger partial charge in [-0.2, -0.15) is 26.3 Å². The van der Waals surface area contributed by atoms with E-state index in [9.17, 15) is 31.1 Å². The average Bonchev–Trinajstić information content (AvgIpc) is 2.47. The number of benzene rings is 1. The average molecular weight is 361 g/mol. The van der Waals surface area contributed by atoms with E-state index >= 15 is 0 Å². The fraction of sp³-hybridized carbons (Fsp3) is 0.462. The largest absolute Gasteiger partial charge is 0.484 e. The van der Waals surface area contributed by atoms with Crippen molar-refractivity contribution in [1.29, 1.82) is 0 Å². The van der Waals surface area contributed by atoms with Gasteiger partial charge >= 0.3 is 12.4 Å². The summed E-state index contributed by atoms with van der Waals surface area (Å²) in [6.07, 6.45) is -9.23. The summed E-state index contributed by atoms with van der Waals surface area (Å²) in [6, 6.07) is 2.81. The van der Waals surface area contributed by atoms with E-state index in [1.807, 2.05) is 0 Å². The van der Waals surface area contributed by atoms with E-state index in [4.69, 9.17) is 0 Å². The first-order chi connectivity index (χ1) is 11.0. The molecule has 0 aliphatic heterocycles. The minimum absolute atomic E-state index is 0.130. The van der Waals surface area contributed by atoms with Crippen molar-refractivity contribution in [2.45, 2.75) is 12.4 Å². The topological polar surface area (TPSA) is 75.2 Å². The van der Waals surface area contributed by atoms with Crippen LogP contribution in [0.2, 0.25) is 0 Å². The third kappa shape index (κ3) is 7.40. The molecule has 1 amide bonds. The minimum Gasteiger partial charge on any atom is -0.484 e. The van der Waals surface area contributed by atoms with Crippen molar-refractivity contribution >= 4 is 5.91 Å². The van der Waals surface area contributed by atoms with E-state index in [1.54, 1.807) is 0 Å². The van der Waals surface area contributed by atoms with Crippen molar-refractivity contribution < 1.29 is 46.3 Å². The second-order valence-electron chi connectivity index (χ2n) is 4.58. The molecule has 11 heteroatoms. The lowest BCUT2D eigenvalue weighted by atomic mass is 10.1. The van der Waals surface area contributed by atoms with Crippen LogP contribution in [0, 0.1) is 0 Å². The lowest BCUT2D eigenvalue weighted by molar-refractivity contribution is -0.364. The van der Waals surface area contributed by atoms with Crippen LogP contribution in [0.3, 0.4) is 0 Å². The zero-order valence-corrected chi connectivity index (χ0v) is 12.3. The molecule has 1 aromatic carbocycles. The van der Waals surface area contributed by atoms with Gasteiger partial charge in [0.05, 0.1) is 18.7 Å². The van der Waals surface area contributed by atoms with Crippen molar-refractivity contribution in [1.82, 2.24) is 5.32 Å². The van der Waals surface area contributed by atoms with Gasteiger partial charge in [0.1, 0.15) is 11.5 Å². The van der Waals surface area contributed by atoms with Crippen LogP contribution in [-0.4, -0.2) is 44.6 Å². The smallest absolute Gasteiger partial charge is 0.422 e. The molecule has 0 aliphatic rings. The van der Waals surface area contributed by atoms with E-state index in [0.29, 0.717) is 6.54 Å². The second kappa shape index (κ2) is 8.08. The van der Waals surface area contributed by atoms with E-state index in [2.05, 4.69) is 20.5 Å². The van der Waals surface area contributed by atoms with E-state index in [0.717, 1.165) is 18.2 Å². The zero-order chi connectivity index (χ0) is 18.4. The van der Waals surface area contributed by atoms with Crippen molar-refractivity contribution in [2.75, 3.05) is 26.3 Å². The van der Waals surface area contributed by atoms with Gasteiger partial charge in [-0.05, 0) is 18.2 Å². The molecule has 0 radical (unpaired) electrons. The Kier molecular flexibility index (Phi) is 6.70. The number of rotatable bonds is 7. The molecule has 4 N–H and O–H groups in total. The monoisotopic (exact) mass is 361 g/mol. The Balaban J connectivity index is 2.98. The van der Waals surface area contributed by atoms with Gasteiger partial charge in [0.25, 0.3) is 5.91 Å². The first kappa shape index (κ1) is 19.9. The Bertz CT molecular complexity index is 560. The van der Waals surface area contributed by atoms with Crippen LogP contribution < -0.4 is 20.5 Å². The van der Waals surface area contributed by atoms with Crippen LogP contribution in [0.1, 0.15) is 10.4 Å². The molecule has 0 atom stereocenters. The van der Waals surface area contributed by atoms with Crippen LogP contribution in [-0.2, 0) is 0 Å². The van der Waals surface area contributed by atoms with Gasteiger partial charge in [0.15, 0.2) is 13.2 Å². The molecule has 0 aromatic heterocycles. The lowest BCUT2D eigenvalue weighted by Crippen LogP contribution is -2.54. The molecule has 24 heavy (non-hydrogen) atoms. The van der Waals surface area contributed by atoms with Crippen molar-refractivity contribution in [3.05, 3.63) is 23.8 Å². The molecule has 0 unspecified atom stereocenters. The SMILES string of the molecule is [NH3+]CCNC(=O)c1cc(OCC(F)(F)F)ccc1OCC(F)(F)F. The first-order valence-corrected chi connectivity index (χ1v) is 6.62. The maximum absolute atomic E-state index is 12.2. The number of alkyl halides is 6. The number of amides is 1. The maximum Gasteiger partial charge on any atom is 0.422 e. The van der Waals surface area contributed by atoms with E-state index in [1.165, 1.54) is 0 Å². The summed E-state index contributed by atoms with van der Waals surface area (Å²) in [5, 5.41) is 2.35. The van der Waals surface area contributed by atoms with E-state index < -0.39 is 37.2 Å². The maximum atomic E-state index is 12.2. The highest BCUT2D eigenvalue weighted by Crippen LogP contribution is 2.27. The number of hydrogen-bond donors (Lipinski definition) is 2. The number of hydrogen-bond acceptors (Lipinski definition) is 3. The van der Waals surface area contributed by atoms with Crippen LogP contribution in [0.5, 0.6) is 11.5 Å². The van der Waals surface area contributed by atoms with Crippen molar-refractivity contribution in [2.24, 2.45) is 0 Å². The number of ether oxygens (including phenoxy) is 2. The number of quaternary nitrogens is 1. The van der Waals surface area contributed by atoms with Gasteiger partial charge in [-0.25, -0.2) is 0 Å². The summed E-state index contributed by atoms with van der Waals surface area (Å²) >= 11 is 0. The van der Waals surface area contributed by atoms with Gasteiger partial charge in [-0.15, -0.1) is 0 Å². The highest BCUT2D eigenvalue weighted by Gasteiger charge is 2.30. The molecule has 0 aliphatic carbocycles. The highest BCUT2D eigenvalue weighted by molar-refractivity contribution is 5.97. The molecule has 0 heterocycles. The molecule has 1 aromatic rings. The van der Waals surface area contributed by atoms with Gasteiger partial charge in [0.2, 0.25) is 0 Å². The Morgan fingerprint density at radius 3 is 2.17 bits per heavy atom. The summed E-state index contributed by atoms with van der Waals surface area (Å²) in [7, 11) is 0. The molecule has 0 saturated carbocycles. The molecule has 1 rings (SSSR count). The van der Waals surface area contributed by atoms with Gasteiger partial charge in [-0.3, -0.25) is 4.79 Å². The fourth-order valence-electron chi connectivity index (χ4n) is 1.52. The molecule has 0 fully saturated rings. The number of halogens is 6. The predicted octanol–water partition coefficient (Wildman–Crippen LogP) is 1.54. The van der Waals surface area contributed by atoms with Crippen LogP contribution in [0.25, 0.3) is 0 Å². The Morgan fingerprint density at radius 2 is 1.62 bits per heavy atom. The Labute approximate surface area is 132 Å². The van der Waals surface area contributed by atoms with Gasteiger partial charge < -0.3 is 20.5 Å². The summed E-state index contributed by atoms with van der Waals surface area (Å²) in [6.45, 7) is -2.80. The summed E-state index contributed by atoms with van der Waals surface area (Å²) in [4.78, 5) is 11.9. The summed E-state index contributed by atoms with van der Waals surface area (Å²) in [5.41, 5.74) is 3.10. The molecule has 0 spiro atoms. The standard InChI is InChI=1S/C13H14F6N2O3/c14-12(15,16)6-23-8-1-2-10(24-7-13(17,18)19)9(5-8)11(22)21-4-3-20/h1-2,5H,3-4,6-7,20H2,(H,21,22)/p+1. The van der Waals surface area contributed by atoms with Crippen molar-refractivity contribution in [3.63, 3.8) is 0 Å². The number of carbonyl (C=O) groups is 1. The molecule has 5 nitrogen and oxygen atoms in total. The molecule has 136 valence electrons. The fourth-order valence-corrected chi connectivity index (χ4v) is 1.52. The first-order valence-electron chi connectivity index (χ1n) is 6.62. The van der Waals surface area contributed by atoms with Crippen LogP contribution in [0.4, 0.5) is 26.3 Å². The second-order valence-corrected chi connectivity index (χ2v) is 4.58. The van der Waals surface area contributed by atoms with Crippen LogP contribution >= 0.6 is 0 Å². The molecule has 0 bridgehead atoms. The third-order valence-electron chi connectivity index (χ3n) is 2.45. The normalized spacial score (nSPS) is 12.0. The zero-order valence-electron chi connectivity index (χ0n) is 12.3. The van der Waals surface area contributed by atoms with Gasteiger partial charge in [-0.1, -0.05) is 0 Å². The highest BCUT2D eigenvalue weighted by atomic mass is 19.4.